The quantitative estimate of drug-likeness (QED) is 0.711. The van der Waals surface area contributed by atoms with Crippen LogP contribution in [-0.4, -0.2) is 24.3 Å². The van der Waals surface area contributed by atoms with Crippen LogP contribution in [0, 0.1) is 11.8 Å². The first-order valence-corrected chi connectivity index (χ1v) is 6.58. The van der Waals surface area contributed by atoms with E-state index in [0.29, 0.717) is 12.6 Å². The zero-order valence-corrected chi connectivity index (χ0v) is 10.3. The number of aliphatic hydroxyl groups excluding tert-OH is 1. The number of hydrogen-bond acceptors (Lipinski definition) is 2. The predicted octanol–water partition coefficient (Wildman–Crippen LogP) is 2.56. The summed E-state index contributed by atoms with van der Waals surface area (Å²) in [4.78, 5) is 0. The largest absolute Gasteiger partial charge is 0.396 e. The van der Waals surface area contributed by atoms with E-state index in [9.17, 15) is 0 Å². The SMILES string of the molecule is CC(CCCO)NCC1CCCCC1C. The van der Waals surface area contributed by atoms with Crippen molar-refractivity contribution in [2.24, 2.45) is 11.8 Å². The van der Waals surface area contributed by atoms with Crippen molar-refractivity contribution in [1.82, 2.24) is 5.32 Å². The predicted molar refractivity (Wildman–Crippen MR) is 64.9 cm³/mol. The molecule has 90 valence electrons. The molecule has 0 aromatic carbocycles. The van der Waals surface area contributed by atoms with Gasteiger partial charge in [0.2, 0.25) is 0 Å². The van der Waals surface area contributed by atoms with Crippen LogP contribution in [0.3, 0.4) is 0 Å². The van der Waals surface area contributed by atoms with Crippen molar-refractivity contribution in [3.63, 3.8) is 0 Å². The second-order valence-corrected chi connectivity index (χ2v) is 5.20. The fraction of sp³-hybridized carbons (Fsp3) is 1.00. The molecule has 1 saturated carbocycles. The summed E-state index contributed by atoms with van der Waals surface area (Å²) in [5, 5.41) is 12.4. The number of aliphatic hydroxyl groups is 1. The molecular weight excluding hydrogens is 186 g/mol. The van der Waals surface area contributed by atoms with Gasteiger partial charge in [-0.3, -0.25) is 0 Å². The Bertz CT molecular complexity index is 161. The molecule has 0 bridgehead atoms. The molecule has 0 spiro atoms. The van der Waals surface area contributed by atoms with Gasteiger partial charge in [-0.05, 0) is 44.6 Å². The highest BCUT2D eigenvalue weighted by Crippen LogP contribution is 2.28. The van der Waals surface area contributed by atoms with Crippen LogP contribution in [0.4, 0.5) is 0 Å². The summed E-state index contributed by atoms with van der Waals surface area (Å²) in [5.41, 5.74) is 0. The summed E-state index contributed by atoms with van der Waals surface area (Å²) in [6.45, 7) is 6.12. The van der Waals surface area contributed by atoms with E-state index < -0.39 is 0 Å². The third-order valence-electron chi connectivity index (χ3n) is 3.81. The van der Waals surface area contributed by atoms with Gasteiger partial charge in [0, 0.05) is 12.6 Å². The third-order valence-corrected chi connectivity index (χ3v) is 3.81. The monoisotopic (exact) mass is 213 g/mol. The average molecular weight is 213 g/mol. The summed E-state index contributed by atoms with van der Waals surface area (Å²) in [5.74, 6) is 1.78. The summed E-state index contributed by atoms with van der Waals surface area (Å²) in [6.07, 6.45) is 7.68. The maximum Gasteiger partial charge on any atom is 0.0431 e. The summed E-state index contributed by atoms with van der Waals surface area (Å²) in [6, 6.07) is 0.561. The lowest BCUT2D eigenvalue weighted by molar-refractivity contribution is 0.235. The van der Waals surface area contributed by atoms with E-state index in [2.05, 4.69) is 19.2 Å². The number of nitrogens with one attached hydrogen (secondary N) is 1. The van der Waals surface area contributed by atoms with Crippen LogP contribution >= 0.6 is 0 Å². The van der Waals surface area contributed by atoms with E-state index in [1.165, 1.54) is 32.2 Å². The van der Waals surface area contributed by atoms with Crippen LogP contribution in [0.1, 0.15) is 52.4 Å². The Hall–Kier alpha value is -0.0800. The highest BCUT2D eigenvalue weighted by molar-refractivity contribution is 4.75. The van der Waals surface area contributed by atoms with E-state index >= 15 is 0 Å². The van der Waals surface area contributed by atoms with Gasteiger partial charge in [-0.25, -0.2) is 0 Å². The minimum absolute atomic E-state index is 0.325. The van der Waals surface area contributed by atoms with Crippen molar-refractivity contribution >= 4 is 0 Å². The van der Waals surface area contributed by atoms with Crippen LogP contribution in [0.5, 0.6) is 0 Å². The molecule has 0 aromatic heterocycles. The van der Waals surface area contributed by atoms with Crippen LogP contribution in [0.15, 0.2) is 0 Å². The summed E-state index contributed by atoms with van der Waals surface area (Å²) in [7, 11) is 0. The lowest BCUT2D eigenvalue weighted by atomic mass is 9.80. The lowest BCUT2D eigenvalue weighted by Crippen LogP contribution is -2.34. The zero-order valence-electron chi connectivity index (χ0n) is 10.3. The highest BCUT2D eigenvalue weighted by atomic mass is 16.2. The van der Waals surface area contributed by atoms with Gasteiger partial charge in [0.05, 0.1) is 0 Å². The minimum Gasteiger partial charge on any atom is -0.396 e. The average Bonchev–Trinajstić information content (AvgIpc) is 2.25. The lowest BCUT2D eigenvalue weighted by Gasteiger charge is -2.30. The Morgan fingerprint density at radius 3 is 2.73 bits per heavy atom. The van der Waals surface area contributed by atoms with Crippen molar-refractivity contribution in [2.75, 3.05) is 13.2 Å². The molecular formula is C13H27NO. The molecule has 3 unspecified atom stereocenters. The van der Waals surface area contributed by atoms with Crippen LogP contribution in [0.25, 0.3) is 0 Å². The van der Waals surface area contributed by atoms with Gasteiger partial charge < -0.3 is 10.4 Å². The Morgan fingerprint density at radius 1 is 1.33 bits per heavy atom. The van der Waals surface area contributed by atoms with Gasteiger partial charge in [0.25, 0.3) is 0 Å². The molecule has 15 heavy (non-hydrogen) atoms. The molecule has 3 atom stereocenters. The van der Waals surface area contributed by atoms with Gasteiger partial charge in [0.15, 0.2) is 0 Å². The molecule has 1 fully saturated rings. The van der Waals surface area contributed by atoms with E-state index in [1.807, 2.05) is 0 Å². The Kier molecular flexibility index (Phi) is 6.26. The molecule has 0 radical (unpaired) electrons. The Labute approximate surface area is 94.5 Å². The van der Waals surface area contributed by atoms with Crippen LogP contribution < -0.4 is 5.32 Å². The van der Waals surface area contributed by atoms with Crippen LogP contribution in [-0.2, 0) is 0 Å². The second kappa shape index (κ2) is 7.24. The standard InChI is InChI=1S/C13H27NO/c1-11-6-3-4-8-13(11)10-14-12(2)7-5-9-15/h11-15H,3-10H2,1-2H3. The molecule has 1 aliphatic carbocycles. The normalized spacial score (nSPS) is 29.0. The maximum atomic E-state index is 8.75. The fourth-order valence-electron chi connectivity index (χ4n) is 2.55. The topological polar surface area (TPSA) is 32.3 Å². The highest BCUT2D eigenvalue weighted by Gasteiger charge is 2.21. The third kappa shape index (κ3) is 4.98. The van der Waals surface area contributed by atoms with Gasteiger partial charge >= 0.3 is 0 Å². The molecule has 0 amide bonds. The van der Waals surface area contributed by atoms with E-state index in [1.54, 1.807) is 0 Å². The second-order valence-electron chi connectivity index (χ2n) is 5.20. The van der Waals surface area contributed by atoms with Crippen molar-refractivity contribution < 1.29 is 5.11 Å². The molecule has 0 aromatic rings. The number of rotatable bonds is 6. The van der Waals surface area contributed by atoms with Gasteiger partial charge in [-0.15, -0.1) is 0 Å². The number of hydrogen-bond donors (Lipinski definition) is 2. The fourth-order valence-corrected chi connectivity index (χ4v) is 2.55. The molecule has 2 N–H and O–H groups in total. The minimum atomic E-state index is 0.325. The first kappa shape index (κ1) is 13.0. The van der Waals surface area contributed by atoms with E-state index in [4.69, 9.17) is 5.11 Å². The van der Waals surface area contributed by atoms with Gasteiger partial charge in [-0.2, -0.15) is 0 Å². The summed E-state index contributed by atoms with van der Waals surface area (Å²) < 4.78 is 0. The Balaban J connectivity index is 2.11. The molecule has 1 rings (SSSR count). The smallest absolute Gasteiger partial charge is 0.0431 e. The first-order chi connectivity index (χ1) is 7.24. The summed E-state index contributed by atoms with van der Waals surface area (Å²) >= 11 is 0. The van der Waals surface area contributed by atoms with Gasteiger partial charge in [-0.1, -0.05) is 26.2 Å². The van der Waals surface area contributed by atoms with Crippen molar-refractivity contribution in [1.29, 1.82) is 0 Å². The van der Waals surface area contributed by atoms with Crippen molar-refractivity contribution in [3.8, 4) is 0 Å². The Morgan fingerprint density at radius 2 is 2.07 bits per heavy atom. The molecule has 0 aliphatic heterocycles. The molecule has 0 heterocycles. The maximum absolute atomic E-state index is 8.75. The van der Waals surface area contributed by atoms with Crippen molar-refractivity contribution in [2.45, 2.75) is 58.4 Å². The van der Waals surface area contributed by atoms with E-state index in [0.717, 1.165) is 24.7 Å². The van der Waals surface area contributed by atoms with Gasteiger partial charge in [0.1, 0.15) is 0 Å². The molecule has 2 heteroatoms. The van der Waals surface area contributed by atoms with Crippen molar-refractivity contribution in [3.05, 3.63) is 0 Å². The first-order valence-electron chi connectivity index (χ1n) is 6.58. The van der Waals surface area contributed by atoms with Crippen LogP contribution in [0.2, 0.25) is 0 Å². The van der Waals surface area contributed by atoms with E-state index in [-0.39, 0.29) is 0 Å². The molecule has 2 nitrogen and oxygen atoms in total. The molecule has 1 aliphatic rings. The zero-order chi connectivity index (χ0) is 11.1. The molecule has 0 saturated heterocycles.